The van der Waals surface area contributed by atoms with Gasteiger partial charge < -0.3 is 11.1 Å². The summed E-state index contributed by atoms with van der Waals surface area (Å²) in [5.74, 6) is 5.07. The summed E-state index contributed by atoms with van der Waals surface area (Å²) in [5, 5.41) is 2.85. The van der Waals surface area contributed by atoms with Crippen molar-refractivity contribution in [3.63, 3.8) is 0 Å². The van der Waals surface area contributed by atoms with Gasteiger partial charge in [0.05, 0.1) is 12.5 Å². The lowest BCUT2D eigenvalue weighted by Crippen LogP contribution is -2.55. The van der Waals surface area contributed by atoms with Crippen molar-refractivity contribution in [1.82, 2.24) is 5.32 Å². The van der Waals surface area contributed by atoms with Crippen molar-refractivity contribution in [1.29, 1.82) is 0 Å². The molecule has 0 aliphatic heterocycles. The SMILES string of the molecule is C#CCNC(=O)C(CN)C12CC3CC(CC(C3)C1)C2. The third kappa shape index (κ3) is 2.17. The second-order valence-corrected chi connectivity index (χ2v) is 6.99. The van der Waals surface area contributed by atoms with Crippen LogP contribution in [0.2, 0.25) is 0 Å². The third-order valence-electron chi connectivity index (χ3n) is 5.74. The van der Waals surface area contributed by atoms with E-state index in [0.717, 1.165) is 17.8 Å². The second kappa shape index (κ2) is 4.83. The molecule has 1 atom stereocenters. The Bertz CT molecular complexity index is 374. The van der Waals surface area contributed by atoms with E-state index in [1.165, 1.54) is 38.5 Å². The van der Waals surface area contributed by atoms with Crippen molar-refractivity contribution in [2.75, 3.05) is 13.1 Å². The first-order chi connectivity index (χ1) is 9.16. The van der Waals surface area contributed by atoms with Crippen LogP contribution in [0.1, 0.15) is 38.5 Å². The number of nitrogens with two attached hydrogens (primary N) is 1. The minimum atomic E-state index is -0.0331. The first-order valence-electron chi connectivity index (χ1n) is 7.58. The summed E-state index contributed by atoms with van der Waals surface area (Å²) >= 11 is 0. The summed E-state index contributed by atoms with van der Waals surface area (Å²) in [4.78, 5) is 12.4. The van der Waals surface area contributed by atoms with Crippen LogP contribution >= 0.6 is 0 Å². The number of rotatable bonds is 4. The summed E-state index contributed by atoms with van der Waals surface area (Å²) in [5.41, 5.74) is 6.14. The molecule has 19 heavy (non-hydrogen) atoms. The van der Waals surface area contributed by atoms with Crippen LogP contribution < -0.4 is 11.1 Å². The van der Waals surface area contributed by atoms with Crippen molar-refractivity contribution in [2.45, 2.75) is 38.5 Å². The minimum Gasteiger partial charge on any atom is -0.345 e. The Hall–Kier alpha value is -1.01. The van der Waals surface area contributed by atoms with E-state index in [9.17, 15) is 4.79 Å². The predicted octanol–water partition coefficient (Wildman–Crippen LogP) is 1.53. The lowest BCUT2D eigenvalue weighted by atomic mass is 9.46. The van der Waals surface area contributed by atoms with Gasteiger partial charge in [-0.1, -0.05) is 5.92 Å². The molecule has 4 bridgehead atoms. The van der Waals surface area contributed by atoms with Crippen molar-refractivity contribution < 1.29 is 4.79 Å². The largest absolute Gasteiger partial charge is 0.345 e. The first-order valence-corrected chi connectivity index (χ1v) is 7.58. The Balaban J connectivity index is 1.79. The Morgan fingerprint density at radius 3 is 2.21 bits per heavy atom. The molecule has 1 unspecified atom stereocenters. The van der Waals surface area contributed by atoms with Gasteiger partial charge in [0.15, 0.2) is 0 Å². The number of hydrogen-bond donors (Lipinski definition) is 2. The molecule has 0 saturated heterocycles. The Labute approximate surface area is 115 Å². The maximum Gasteiger partial charge on any atom is 0.225 e. The van der Waals surface area contributed by atoms with Gasteiger partial charge in [-0.3, -0.25) is 4.79 Å². The average molecular weight is 260 g/mol. The Morgan fingerprint density at radius 1 is 1.26 bits per heavy atom. The van der Waals surface area contributed by atoms with Gasteiger partial charge in [-0.2, -0.15) is 0 Å². The zero-order valence-electron chi connectivity index (χ0n) is 11.5. The minimum absolute atomic E-state index is 0.0331. The van der Waals surface area contributed by atoms with Gasteiger partial charge in [-0.25, -0.2) is 0 Å². The second-order valence-electron chi connectivity index (χ2n) is 6.99. The van der Waals surface area contributed by atoms with Crippen LogP contribution in [0.15, 0.2) is 0 Å². The maximum atomic E-state index is 12.4. The fourth-order valence-electron chi connectivity index (χ4n) is 5.50. The molecule has 4 fully saturated rings. The Kier molecular flexibility index (Phi) is 3.30. The van der Waals surface area contributed by atoms with Crippen LogP contribution in [0.3, 0.4) is 0 Å². The zero-order chi connectivity index (χ0) is 13.5. The quantitative estimate of drug-likeness (QED) is 0.753. The van der Waals surface area contributed by atoms with E-state index in [4.69, 9.17) is 12.2 Å². The summed E-state index contributed by atoms with van der Waals surface area (Å²) in [7, 11) is 0. The van der Waals surface area contributed by atoms with E-state index in [2.05, 4.69) is 11.2 Å². The number of hydrogen-bond acceptors (Lipinski definition) is 2. The lowest BCUT2D eigenvalue weighted by molar-refractivity contribution is -0.140. The first kappa shape index (κ1) is 13.0. The molecule has 1 amide bonds. The molecule has 0 spiro atoms. The van der Waals surface area contributed by atoms with Gasteiger partial charge in [0.25, 0.3) is 0 Å². The normalized spacial score (nSPS) is 40.7. The zero-order valence-corrected chi connectivity index (χ0v) is 11.5. The van der Waals surface area contributed by atoms with Crippen LogP contribution in [0.25, 0.3) is 0 Å². The van der Waals surface area contributed by atoms with E-state index >= 15 is 0 Å². The number of amides is 1. The van der Waals surface area contributed by atoms with Crippen molar-refractivity contribution in [3.8, 4) is 12.3 Å². The number of terminal acetylenes is 1. The monoisotopic (exact) mass is 260 g/mol. The summed E-state index contributed by atoms with van der Waals surface area (Å²) in [6.07, 6.45) is 13.0. The van der Waals surface area contributed by atoms with E-state index in [0.29, 0.717) is 13.1 Å². The molecule has 4 saturated carbocycles. The lowest BCUT2D eigenvalue weighted by Gasteiger charge is -2.59. The van der Waals surface area contributed by atoms with Gasteiger partial charge in [-0.15, -0.1) is 6.42 Å². The highest BCUT2D eigenvalue weighted by Gasteiger charge is 2.55. The molecule has 0 radical (unpaired) electrons. The highest BCUT2D eigenvalue weighted by Crippen LogP contribution is 2.62. The van der Waals surface area contributed by atoms with Crippen molar-refractivity contribution in [2.24, 2.45) is 34.8 Å². The molecule has 0 aromatic heterocycles. The van der Waals surface area contributed by atoms with Gasteiger partial charge >= 0.3 is 0 Å². The van der Waals surface area contributed by atoms with Gasteiger partial charge in [0.2, 0.25) is 5.91 Å². The smallest absolute Gasteiger partial charge is 0.225 e. The molecule has 104 valence electrons. The molecule has 0 aromatic carbocycles. The van der Waals surface area contributed by atoms with Crippen molar-refractivity contribution >= 4 is 5.91 Å². The molecule has 4 rings (SSSR count). The maximum absolute atomic E-state index is 12.4. The fraction of sp³-hybridized carbons (Fsp3) is 0.812. The van der Waals surface area contributed by atoms with E-state index in [1.54, 1.807) is 0 Å². The standard InChI is InChI=1S/C16H24N2O/c1-2-3-18-15(19)14(10-17)16-7-11-4-12(8-16)6-13(5-11)9-16/h1,11-14H,3-10,17H2,(H,18,19). The van der Waals surface area contributed by atoms with E-state index in [-0.39, 0.29) is 17.2 Å². The summed E-state index contributed by atoms with van der Waals surface area (Å²) < 4.78 is 0. The molecule has 4 aliphatic rings. The van der Waals surface area contributed by atoms with Crippen LogP contribution in [-0.2, 0) is 4.79 Å². The van der Waals surface area contributed by atoms with E-state index in [1.807, 2.05) is 0 Å². The molecule has 3 N–H and O–H groups in total. The molecule has 4 aliphatic carbocycles. The molecular formula is C16H24N2O. The molecule has 0 aromatic rings. The average Bonchev–Trinajstić information content (AvgIpc) is 2.35. The van der Waals surface area contributed by atoms with Crippen LogP contribution in [-0.4, -0.2) is 19.0 Å². The molecule has 3 nitrogen and oxygen atoms in total. The Morgan fingerprint density at radius 2 is 1.79 bits per heavy atom. The van der Waals surface area contributed by atoms with Crippen LogP contribution in [0.5, 0.6) is 0 Å². The van der Waals surface area contributed by atoms with E-state index < -0.39 is 0 Å². The van der Waals surface area contributed by atoms with Gasteiger partial charge in [0, 0.05) is 6.54 Å². The highest BCUT2D eigenvalue weighted by molar-refractivity contribution is 5.80. The van der Waals surface area contributed by atoms with Crippen LogP contribution in [0, 0.1) is 41.4 Å². The topological polar surface area (TPSA) is 55.1 Å². The summed E-state index contributed by atoms with van der Waals surface area (Å²) in [6, 6.07) is 0. The van der Waals surface area contributed by atoms with Gasteiger partial charge in [0.1, 0.15) is 0 Å². The third-order valence-corrected chi connectivity index (χ3v) is 5.74. The van der Waals surface area contributed by atoms with Gasteiger partial charge in [-0.05, 0) is 61.7 Å². The molecule has 0 heterocycles. The molecular weight excluding hydrogens is 236 g/mol. The highest BCUT2D eigenvalue weighted by atomic mass is 16.1. The fourth-order valence-corrected chi connectivity index (χ4v) is 5.50. The van der Waals surface area contributed by atoms with Crippen LogP contribution in [0.4, 0.5) is 0 Å². The summed E-state index contributed by atoms with van der Waals surface area (Å²) in [6.45, 7) is 0.782. The number of carbonyl (C=O) groups excluding carboxylic acids is 1. The number of nitrogens with one attached hydrogen (secondary N) is 1. The molecule has 3 heteroatoms. The predicted molar refractivity (Wildman–Crippen MR) is 75.0 cm³/mol. The number of carbonyl (C=O) groups is 1. The van der Waals surface area contributed by atoms with Crippen molar-refractivity contribution in [3.05, 3.63) is 0 Å².